The molecule has 1 aliphatic rings. The van der Waals surface area contributed by atoms with Crippen LogP contribution in [0.5, 0.6) is 5.75 Å². The van der Waals surface area contributed by atoms with Crippen LogP contribution in [0.15, 0.2) is 29.2 Å². The minimum atomic E-state index is 0. The smallest absolute Gasteiger partial charge is 0.230 e. The number of carbonyl (C=O) groups is 1. The number of benzene rings is 1. The van der Waals surface area contributed by atoms with E-state index < -0.39 is 0 Å². The molecule has 1 fully saturated rings. The summed E-state index contributed by atoms with van der Waals surface area (Å²) in [5.41, 5.74) is 0. The molecule has 0 aliphatic carbocycles. The molecule has 1 aliphatic heterocycles. The van der Waals surface area contributed by atoms with Crippen LogP contribution < -0.4 is 15.4 Å². The third kappa shape index (κ3) is 6.59. The van der Waals surface area contributed by atoms with Crippen molar-refractivity contribution < 1.29 is 9.53 Å². The van der Waals surface area contributed by atoms with Crippen molar-refractivity contribution >= 4 is 30.1 Å². The second kappa shape index (κ2) is 9.92. The number of hydrogen-bond acceptors (Lipinski definition) is 4. The fourth-order valence-corrected chi connectivity index (χ4v) is 3.04. The second-order valence-corrected chi connectivity index (χ2v) is 6.01. The van der Waals surface area contributed by atoms with Crippen LogP contribution in [0.1, 0.15) is 12.8 Å². The van der Waals surface area contributed by atoms with Gasteiger partial charge in [-0.15, -0.1) is 24.2 Å². The third-order valence-corrected chi connectivity index (χ3v) is 4.44. The molecular weight excluding hydrogens is 308 g/mol. The molecule has 1 aromatic rings. The number of hydrogen-bond donors (Lipinski definition) is 2. The molecule has 0 saturated carbocycles. The molecule has 1 unspecified atom stereocenters. The molecule has 4 nitrogen and oxygen atoms in total. The zero-order valence-corrected chi connectivity index (χ0v) is 13.9. The third-order valence-electron chi connectivity index (χ3n) is 3.45. The maximum atomic E-state index is 11.8. The summed E-state index contributed by atoms with van der Waals surface area (Å²) in [7, 11) is 1.65. The van der Waals surface area contributed by atoms with Crippen molar-refractivity contribution in [3.63, 3.8) is 0 Å². The molecule has 0 bridgehead atoms. The molecule has 2 N–H and O–H groups in total. The topological polar surface area (TPSA) is 50.4 Å². The molecule has 0 radical (unpaired) electrons. The van der Waals surface area contributed by atoms with Crippen molar-refractivity contribution in [3.8, 4) is 5.75 Å². The minimum Gasteiger partial charge on any atom is -0.497 e. The van der Waals surface area contributed by atoms with Gasteiger partial charge < -0.3 is 15.4 Å². The summed E-state index contributed by atoms with van der Waals surface area (Å²) >= 11 is 1.54. The Balaban J connectivity index is 0.00000220. The first kappa shape index (κ1) is 18.1. The van der Waals surface area contributed by atoms with Gasteiger partial charge in [-0.2, -0.15) is 0 Å². The highest BCUT2D eigenvalue weighted by molar-refractivity contribution is 8.00. The van der Waals surface area contributed by atoms with Crippen LogP contribution >= 0.6 is 24.2 Å². The van der Waals surface area contributed by atoms with Crippen molar-refractivity contribution in [1.29, 1.82) is 0 Å². The first-order chi connectivity index (χ1) is 9.78. The van der Waals surface area contributed by atoms with Gasteiger partial charge in [-0.05, 0) is 50.0 Å². The lowest BCUT2D eigenvalue weighted by Crippen LogP contribution is -2.27. The van der Waals surface area contributed by atoms with Crippen molar-refractivity contribution in [2.24, 2.45) is 5.92 Å². The molecule has 118 valence electrons. The van der Waals surface area contributed by atoms with Crippen LogP contribution in [0.2, 0.25) is 0 Å². The van der Waals surface area contributed by atoms with Gasteiger partial charge in [-0.25, -0.2) is 0 Å². The summed E-state index contributed by atoms with van der Waals surface area (Å²) in [6, 6.07) is 7.78. The molecule has 1 atom stereocenters. The first-order valence-corrected chi connectivity index (χ1v) is 8.01. The number of rotatable bonds is 7. The molecule has 1 amide bonds. The standard InChI is InChI=1S/C15H22N2O2S.ClH/c1-19-13-3-2-4-14(9-13)20-11-15(18)17-8-6-12-5-7-16-10-12;/h2-4,9,12,16H,5-8,10-11H2,1H3,(H,17,18);1H. The highest BCUT2D eigenvalue weighted by Crippen LogP contribution is 2.22. The second-order valence-electron chi connectivity index (χ2n) is 4.97. The zero-order chi connectivity index (χ0) is 14.2. The average Bonchev–Trinajstić information content (AvgIpc) is 2.98. The number of amides is 1. The molecular formula is C15H23ClN2O2S. The predicted molar refractivity (Wildman–Crippen MR) is 89.6 cm³/mol. The van der Waals surface area contributed by atoms with E-state index in [9.17, 15) is 4.79 Å². The number of ether oxygens (including phenoxy) is 1. The van der Waals surface area contributed by atoms with E-state index in [0.717, 1.165) is 42.6 Å². The van der Waals surface area contributed by atoms with E-state index in [4.69, 9.17) is 4.74 Å². The Kier molecular flexibility index (Phi) is 8.57. The normalized spacial score (nSPS) is 17.1. The fourth-order valence-electron chi connectivity index (χ4n) is 2.27. The Morgan fingerprint density at radius 3 is 3.10 bits per heavy atom. The van der Waals surface area contributed by atoms with Crippen LogP contribution in [-0.2, 0) is 4.79 Å². The van der Waals surface area contributed by atoms with Gasteiger partial charge in [0.1, 0.15) is 5.75 Å². The van der Waals surface area contributed by atoms with E-state index in [2.05, 4.69) is 10.6 Å². The lowest BCUT2D eigenvalue weighted by molar-refractivity contribution is -0.118. The van der Waals surface area contributed by atoms with E-state index in [1.54, 1.807) is 7.11 Å². The summed E-state index contributed by atoms with van der Waals surface area (Å²) in [6.07, 6.45) is 2.30. The van der Waals surface area contributed by atoms with E-state index in [0.29, 0.717) is 5.75 Å². The molecule has 0 aromatic heterocycles. The maximum absolute atomic E-state index is 11.8. The van der Waals surface area contributed by atoms with Gasteiger partial charge >= 0.3 is 0 Å². The van der Waals surface area contributed by atoms with Crippen molar-refractivity contribution in [2.45, 2.75) is 17.7 Å². The first-order valence-electron chi connectivity index (χ1n) is 7.02. The maximum Gasteiger partial charge on any atom is 0.230 e. The molecule has 1 heterocycles. The summed E-state index contributed by atoms with van der Waals surface area (Å²) < 4.78 is 5.16. The van der Waals surface area contributed by atoms with E-state index in [1.807, 2.05) is 24.3 Å². The van der Waals surface area contributed by atoms with Gasteiger partial charge in [0.25, 0.3) is 0 Å². The van der Waals surface area contributed by atoms with Crippen LogP contribution in [0.25, 0.3) is 0 Å². The summed E-state index contributed by atoms with van der Waals surface area (Å²) in [4.78, 5) is 12.8. The van der Waals surface area contributed by atoms with Gasteiger partial charge in [0.2, 0.25) is 5.91 Å². The van der Waals surface area contributed by atoms with Crippen LogP contribution in [0.4, 0.5) is 0 Å². The Morgan fingerprint density at radius 1 is 1.52 bits per heavy atom. The Bertz CT molecular complexity index is 439. The largest absolute Gasteiger partial charge is 0.497 e. The summed E-state index contributed by atoms with van der Waals surface area (Å²) in [5, 5.41) is 6.33. The van der Waals surface area contributed by atoms with Crippen molar-refractivity contribution in [1.82, 2.24) is 10.6 Å². The van der Waals surface area contributed by atoms with Crippen LogP contribution in [-0.4, -0.2) is 38.4 Å². The van der Waals surface area contributed by atoms with E-state index in [-0.39, 0.29) is 18.3 Å². The van der Waals surface area contributed by atoms with Gasteiger partial charge in [-0.3, -0.25) is 4.79 Å². The van der Waals surface area contributed by atoms with E-state index >= 15 is 0 Å². The van der Waals surface area contributed by atoms with Gasteiger partial charge in [0, 0.05) is 11.4 Å². The molecule has 1 saturated heterocycles. The molecule has 1 aromatic carbocycles. The fraction of sp³-hybridized carbons (Fsp3) is 0.533. The number of nitrogens with one attached hydrogen (secondary N) is 2. The monoisotopic (exact) mass is 330 g/mol. The Morgan fingerprint density at radius 2 is 2.38 bits per heavy atom. The Hall–Kier alpha value is -0.910. The van der Waals surface area contributed by atoms with Crippen LogP contribution in [0, 0.1) is 5.92 Å². The summed E-state index contributed by atoms with van der Waals surface area (Å²) in [5.74, 6) is 2.10. The minimum absolute atomic E-state index is 0. The number of halogens is 1. The lowest BCUT2D eigenvalue weighted by atomic mass is 10.1. The van der Waals surface area contributed by atoms with Crippen molar-refractivity contribution in [3.05, 3.63) is 24.3 Å². The number of carbonyl (C=O) groups excluding carboxylic acids is 1. The van der Waals surface area contributed by atoms with E-state index in [1.165, 1.54) is 18.2 Å². The number of methoxy groups -OCH3 is 1. The lowest BCUT2D eigenvalue weighted by Gasteiger charge is -2.09. The zero-order valence-electron chi connectivity index (χ0n) is 12.3. The average molecular weight is 331 g/mol. The van der Waals surface area contributed by atoms with Gasteiger partial charge in [-0.1, -0.05) is 6.07 Å². The highest BCUT2D eigenvalue weighted by Gasteiger charge is 2.14. The van der Waals surface area contributed by atoms with Gasteiger partial charge in [0.05, 0.1) is 12.9 Å². The molecule has 2 rings (SSSR count). The molecule has 6 heteroatoms. The summed E-state index contributed by atoms with van der Waals surface area (Å²) in [6.45, 7) is 2.99. The van der Waals surface area contributed by atoms with Crippen molar-refractivity contribution in [2.75, 3.05) is 32.5 Å². The number of thioether (sulfide) groups is 1. The predicted octanol–water partition coefficient (Wildman–Crippen LogP) is 2.32. The quantitative estimate of drug-likeness (QED) is 0.753. The van der Waals surface area contributed by atoms with Gasteiger partial charge in [0.15, 0.2) is 0 Å². The molecule has 0 spiro atoms. The molecule has 21 heavy (non-hydrogen) atoms. The Labute approximate surface area is 136 Å². The SMILES string of the molecule is COc1cccc(SCC(=O)NCCC2CCNC2)c1.Cl. The highest BCUT2D eigenvalue weighted by atomic mass is 35.5. The van der Waals surface area contributed by atoms with Crippen LogP contribution in [0.3, 0.4) is 0 Å².